The molecule has 2 rings (SSSR count). The van der Waals surface area contributed by atoms with Gasteiger partial charge in [0.2, 0.25) is 0 Å². The van der Waals surface area contributed by atoms with Crippen LogP contribution in [-0.4, -0.2) is 38.0 Å². The van der Waals surface area contributed by atoms with Crippen LogP contribution < -0.4 is 14.8 Å². The number of ether oxygens (including phenoxy) is 2. The van der Waals surface area contributed by atoms with Gasteiger partial charge in [0.25, 0.3) is 5.91 Å². The number of alkyl halides is 6. The zero-order valence-electron chi connectivity index (χ0n) is 15.0. The van der Waals surface area contributed by atoms with Crippen molar-refractivity contribution in [3.63, 3.8) is 0 Å². The maximum Gasteiger partial charge on any atom is 0.422 e. The molecule has 0 saturated heterocycles. The number of amides is 1. The number of hydrogen-bond donors (Lipinski definition) is 1. The van der Waals surface area contributed by atoms with E-state index in [0.29, 0.717) is 6.54 Å². The first-order chi connectivity index (χ1) is 13.0. The summed E-state index contributed by atoms with van der Waals surface area (Å²) in [4.78, 5) is 12.4. The lowest BCUT2D eigenvalue weighted by atomic mass is 9.89. The predicted molar refractivity (Wildman–Crippen MR) is 88.5 cm³/mol. The minimum atomic E-state index is -4.62. The maximum atomic E-state index is 12.4. The van der Waals surface area contributed by atoms with Crippen LogP contribution in [0.1, 0.15) is 42.5 Å². The van der Waals surface area contributed by atoms with E-state index < -0.39 is 31.5 Å². The van der Waals surface area contributed by atoms with Crippen LogP contribution in [0.25, 0.3) is 0 Å². The molecule has 1 aromatic carbocycles. The van der Waals surface area contributed by atoms with E-state index in [2.05, 4.69) is 14.8 Å². The SMILES string of the molecule is O=C(NCC1CCCCC1)c1cc(OCC(F)(F)F)ccc1OCC(F)(F)F. The summed E-state index contributed by atoms with van der Waals surface area (Å²) in [6.07, 6.45) is -4.13. The van der Waals surface area contributed by atoms with E-state index in [0.717, 1.165) is 50.3 Å². The normalized spacial score (nSPS) is 15.9. The molecule has 0 unspecified atom stereocenters. The van der Waals surface area contributed by atoms with Crippen molar-refractivity contribution in [2.24, 2.45) is 5.92 Å². The lowest BCUT2D eigenvalue weighted by Crippen LogP contribution is -2.31. The fraction of sp³-hybridized carbons (Fsp3) is 0.611. The molecule has 1 aliphatic carbocycles. The Bertz CT molecular complexity index is 654. The highest BCUT2D eigenvalue weighted by atomic mass is 19.4. The molecule has 0 aromatic heterocycles. The molecule has 1 saturated carbocycles. The topological polar surface area (TPSA) is 47.6 Å². The average molecular weight is 413 g/mol. The highest BCUT2D eigenvalue weighted by Crippen LogP contribution is 2.28. The summed E-state index contributed by atoms with van der Waals surface area (Å²) in [6.45, 7) is -2.87. The van der Waals surface area contributed by atoms with Gasteiger partial charge in [0.1, 0.15) is 11.5 Å². The van der Waals surface area contributed by atoms with E-state index in [1.54, 1.807) is 0 Å². The molecule has 1 N–H and O–H groups in total. The fourth-order valence-corrected chi connectivity index (χ4v) is 2.95. The molecule has 4 nitrogen and oxygen atoms in total. The Labute approximate surface area is 158 Å². The van der Waals surface area contributed by atoms with E-state index in [1.807, 2.05) is 0 Å². The molecule has 0 bridgehead atoms. The minimum Gasteiger partial charge on any atom is -0.484 e. The van der Waals surface area contributed by atoms with Crippen molar-refractivity contribution < 1.29 is 40.6 Å². The standard InChI is InChI=1S/C18H21F6NO3/c19-17(20,21)10-27-13-6-7-15(28-11-18(22,23)24)14(8-13)16(26)25-9-12-4-2-1-3-5-12/h6-8,12H,1-5,9-11H2,(H,25,26). The van der Waals surface area contributed by atoms with Gasteiger partial charge < -0.3 is 14.8 Å². The summed E-state index contributed by atoms with van der Waals surface area (Å²) < 4.78 is 83.4. The Kier molecular flexibility index (Phi) is 7.42. The van der Waals surface area contributed by atoms with Crippen LogP contribution >= 0.6 is 0 Å². The molecule has 1 aromatic rings. The molecule has 10 heteroatoms. The Morgan fingerprint density at radius 3 is 2.18 bits per heavy atom. The third-order valence-corrected chi connectivity index (χ3v) is 4.27. The predicted octanol–water partition coefficient (Wildman–Crippen LogP) is 4.88. The summed E-state index contributed by atoms with van der Waals surface area (Å²) in [7, 11) is 0. The number of carbonyl (C=O) groups is 1. The summed E-state index contributed by atoms with van der Waals surface area (Å²) in [5.74, 6) is -1.13. The molecule has 0 radical (unpaired) electrons. The fourth-order valence-electron chi connectivity index (χ4n) is 2.95. The Morgan fingerprint density at radius 1 is 0.964 bits per heavy atom. The number of benzene rings is 1. The highest BCUT2D eigenvalue weighted by molar-refractivity contribution is 5.97. The first-order valence-corrected chi connectivity index (χ1v) is 8.85. The van der Waals surface area contributed by atoms with Gasteiger partial charge in [0, 0.05) is 6.54 Å². The smallest absolute Gasteiger partial charge is 0.422 e. The van der Waals surface area contributed by atoms with E-state index in [9.17, 15) is 31.1 Å². The number of carbonyl (C=O) groups excluding carboxylic acids is 1. The van der Waals surface area contributed by atoms with Gasteiger partial charge in [-0.25, -0.2) is 0 Å². The van der Waals surface area contributed by atoms with Crippen molar-refractivity contribution in [3.05, 3.63) is 23.8 Å². The molecule has 1 amide bonds. The second kappa shape index (κ2) is 9.38. The Hall–Kier alpha value is -2.13. The van der Waals surface area contributed by atoms with Crippen LogP contribution in [-0.2, 0) is 0 Å². The average Bonchev–Trinajstić information content (AvgIpc) is 2.62. The molecule has 0 heterocycles. The molecule has 158 valence electrons. The molecule has 0 spiro atoms. The molecule has 28 heavy (non-hydrogen) atoms. The number of nitrogens with one attached hydrogen (secondary N) is 1. The number of halogens is 6. The van der Waals surface area contributed by atoms with Gasteiger partial charge in [-0.05, 0) is 37.0 Å². The van der Waals surface area contributed by atoms with Crippen LogP contribution in [0.5, 0.6) is 11.5 Å². The monoisotopic (exact) mass is 413 g/mol. The van der Waals surface area contributed by atoms with Crippen LogP contribution in [0.3, 0.4) is 0 Å². The van der Waals surface area contributed by atoms with Crippen LogP contribution in [0, 0.1) is 5.92 Å². The van der Waals surface area contributed by atoms with Gasteiger partial charge in [-0.2, -0.15) is 26.3 Å². The maximum absolute atomic E-state index is 12.4. The number of rotatable bonds is 7. The lowest BCUT2D eigenvalue weighted by molar-refractivity contribution is -0.154. The quantitative estimate of drug-likeness (QED) is 0.649. The van der Waals surface area contributed by atoms with Gasteiger partial charge in [-0.3, -0.25) is 4.79 Å². The summed E-state index contributed by atoms with van der Waals surface area (Å²) in [5.41, 5.74) is -0.306. The van der Waals surface area contributed by atoms with Crippen molar-refractivity contribution in [1.82, 2.24) is 5.32 Å². The molecular formula is C18H21F6NO3. The first kappa shape index (κ1) is 22.2. The van der Waals surface area contributed by atoms with Crippen molar-refractivity contribution in [3.8, 4) is 11.5 Å². The van der Waals surface area contributed by atoms with Gasteiger partial charge >= 0.3 is 12.4 Å². The molecule has 0 atom stereocenters. The van der Waals surface area contributed by atoms with E-state index >= 15 is 0 Å². The van der Waals surface area contributed by atoms with E-state index in [1.165, 1.54) is 0 Å². The Balaban J connectivity index is 2.11. The summed E-state index contributed by atoms with van der Waals surface area (Å²) in [6, 6.07) is 2.97. The second-order valence-corrected chi connectivity index (χ2v) is 6.68. The second-order valence-electron chi connectivity index (χ2n) is 6.68. The molecule has 0 aliphatic heterocycles. The molecule has 1 fully saturated rings. The third kappa shape index (κ3) is 7.85. The van der Waals surface area contributed by atoms with E-state index in [4.69, 9.17) is 0 Å². The largest absolute Gasteiger partial charge is 0.484 e. The van der Waals surface area contributed by atoms with Crippen molar-refractivity contribution in [1.29, 1.82) is 0 Å². The number of hydrogen-bond acceptors (Lipinski definition) is 3. The van der Waals surface area contributed by atoms with Crippen LogP contribution in [0.2, 0.25) is 0 Å². The highest BCUT2D eigenvalue weighted by Gasteiger charge is 2.30. The van der Waals surface area contributed by atoms with Crippen molar-refractivity contribution >= 4 is 5.91 Å². The molecular weight excluding hydrogens is 392 g/mol. The van der Waals surface area contributed by atoms with Crippen LogP contribution in [0.15, 0.2) is 18.2 Å². The van der Waals surface area contributed by atoms with Crippen molar-refractivity contribution in [2.45, 2.75) is 44.5 Å². The van der Waals surface area contributed by atoms with Gasteiger partial charge in [0.15, 0.2) is 13.2 Å². The first-order valence-electron chi connectivity index (χ1n) is 8.85. The third-order valence-electron chi connectivity index (χ3n) is 4.27. The lowest BCUT2D eigenvalue weighted by Gasteiger charge is -2.22. The molecule has 1 aliphatic rings. The minimum absolute atomic E-state index is 0.266. The van der Waals surface area contributed by atoms with Gasteiger partial charge in [-0.15, -0.1) is 0 Å². The van der Waals surface area contributed by atoms with E-state index in [-0.39, 0.29) is 23.0 Å². The van der Waals surface area contributed by atoms with Crippen molar-refractivity contribution in [2.75, 3.05) is 19.8 Å². The summed E-state index contributed by atoms with van der Waals surface area (Å²) >= 11 is 0. The zero-order valence-corrected chi connectivity index (χ0v) is 15.0. The zero-order chi connectivity index (χ0) is 20.8. The van der Waals surface area contributed by atoms with Crippen LogP contribution in [0.4, 0.5) is 26.3 Å². The summed E-state index contributed by atoms with van der Waals surface area (Å²) in [5, 5.41) is 2.63. The Morgan fingerprint density at radius 2 is 1.57 bits per heavy atom. The van der Waals surface area contributed by atoms with Gasteiger partial charge in [-0.1, -0.05) is 19.3 Å². The van der Waals surface area contributed by atoms with Gasteiger partial charge in [0.05, 0.1) is 5.56 Å².